The molecule has 2 rings (SSSR count). The zero-order chi connectivity index (χ0) is 16.2. The Labute approximate surface area is 133 Å². The maximum atomic E-state index is 12.2. The first-order valence-corrected chi connectivity index (χ1v) is 8.33. The zero-order valence-electron chi connectivity index (χ0n) is 14.1. The minimum absolute atomic E-state index is 0.0137. The van der Waals surface area contributed by atoms with E-state index in [-0.39, 0.29) is 23.5 Å². The Balaban J connectivity index is 2.01. The van der Waals surface area contributed by atoms with Crippen molar-refractivity contribution in [2.45, 2.75) is 57.5 Å². The van der Waals surface area contributed by atoms with Crippen LogP contribution in [0.2, 0.25) is 0 Å². The van der Waals surface area contributed by atoms with Gasteiger partial charge >= 0.3 is 6.03 Å². The van der Waals surface area contributed by atoms with Crippen molar-refractivity contribution < 1.29 is 14.3 Å². The predicted octanol–water partition coefficient (Wildman–Crippen LogP) is 1.60. The summed E-state index contributed by atoms with van der Waals surface area (Å²) in [6, 6.07) is 0.163. The van der Waals surface area contributed by atoms with Crippen LogP contribution in [-0.2, 0) is 9.53 Å². The van der Waals surface area contributed by atoms with Gasteiger partial charge in [0.2, 0.25) is 5.91 Å². The van der Waals surface area contributed by atoms with E-state index in [1.807, 2.05) is 23.6 Å². The summed E-state index contributed by atoms with van der Waals surface area (Å²) < 4.78 is 5.15. The SMILES string of the molecule is COCCN1C(=O)CC[C@]12CCCN(C(=O)NC(C)C)CC2. The van der Waals surface area contributed by atoms with Gasteiger partial charge in [-0.05, 0) is 39.5 Å². The zero-order valence-corrected chi connectivity index (χ0v) is 14.1. The molecule has 2 aliphatic rings. The summed E-state index contributed by atoms with van der Waals surface area (Å²) in [4.78, 5) is 28.3. The van der Waals surface area contributed by atoms with Crippen LogP contribution in [0.1, 0.15) is 46.0 Å². The van der Waals surface area contributed by atoms with Gasteiger partial charge in [-0.3, -0.25) is 4.79 Å². The lowest BCUT2D eigenvalue weighted by molar-refractivity contribution is -0.132. The fourth-order valence-corrected chi connectivity index (χ4v) is 3.66. The first kappa shape index (κ1) is 17.1. The Bertz CT molecular complexity index is 413. The fraction of sp³-hybridized carbons (Fsp3) is 0.875. The van der Waals surface area contributed by atoms with Gasteiger partial charge in [0.15, 0.2) is 0 Å². The highest BCUT2D eigenvalue weighted by Gasteiger charge is 2.45. The summed E-state index contributed by atoms with van der Waals surface area (Å²) in [5.74, 6) is 0.233. The second-order valence-corrected chi connectivity index (χ2v) is 6.71. The molecule has 1 atom stereocenters. The molecule has 1 spiro atoms. The van der Waals surface area contributed by atoms with Crippen molar-refractivity contribution >= 4 is 11.9 Å². The number of nitrogens with zero attached hydrogens (tertiary/aromatic N) is 2. The highest BCUT2D eigenvalue weighted by atomic mass is 16.5. The molecule has 3 amide bonds. The molecular formula is C16H29N3O3. The van der Waals surface area contributed by atoms with Crippen molar-refractivity contribution in [1.82, 2.24) is 15.1 Å². The van der Waals surface area contributed by atoms with Gasteiger partial charge in [-0.25, -0.2) is 4.79 Å². The van der Waals surface area contributed by atoms with Crippen LogP contribution in [0.25, 0.3) is 0 Å². The van der Waals surface area contributed by atoms with Crippen LogP contribution in [0.15, 0.2) is 0 Å². The molecule has 126 valence electrons. The second kappa shape index (κ2) is 7.31. The van der Waals surface area contributed by atoms with E-state index in [9.17, 15) is 9.59 Å². The van der Waals surface area contributed by atoms with Gasteiger partial charge in [0.25, 0.3) is 0 Å². The molecule has 0 unspecified atom stereocenters. The third-order valence-electron chi connectivity index (χ3n) is 4.81. The van der Waals surface area contributed by atoms with Crippen LogP contribution in [-0.4, -0.2) is 66.7 Å². The number of hydrogen-bond donors (Lipinski definition) is 1. The van der Waals surface area contributed by atoms with E-state index in [1.165, 1.54) is 0 Å². The number of nitrogens with one attached hydrogen (secondary N) is 1. The summed E-state index contributed by atoms with van der Waals surface area (Å²) in [6.45, 7) is 6.67. The summed E-state index contributed by atoms with van der Waals surface area (Å²) in [5, 5.41) is 2.96. The Hall–Kier alpha value is -1.30. The first-order valence-electron chi connectivity index (χ1n) is 8.33. The van der Waals surface area contributed by atoms with Gasteiger partial charge in [-0.1, -0.05) is 0 Å². The highest BCUT2D eigenvalue weighted by Crippen LogP contribution is 2.38. The molecule has 0 bridgehead atoms. The molecule has 6 heteroatoms. The van der Waals surface area contributed by atoms with E-state index < -0.39 is 0 Å². The van der Waals surface area contributed by atoms with Crippen molar-refractivity contribution in [2.75, 3.05) is 33.4 Å². The Morgan fingerprint density at radius 2 is 2.09 bits per heavy atom. The van der Waals surface area contributed by atoms with Crippen molar-refractivity contribution in [3.05, 3.63) is 0 Å². The molecule has 22 heavy (non-hydrogen) atoms. The Kier molecular flexibility index (Phi) is 5.67. The average Bonchev–Trinajstić information content (AvgIpc) is 2.64. The number of methoxy groups -OCH3 is 1. The summed E-state index contributed by atoms with van der Waals surface area (Å²) in [7, 11) is 1.66. The number of amides is 3. The minimum atomic E-state index is -0.0670. The number of ether oxygens (including phenoxy) is 1. The number of likely N-dealkylation sites (tertiary alicyclic amines) is 2. The van der Waals surface area contributed by atoms with Gasteiger partial charge in [-0.2, -0.15) is 0 Å². The monoisotopic (exact) mass is 311 g/mol. The van der Waals surface area contributed by atoms with Crippen LogP contribution in [0.4, 0.5) is 4.79 Å². The van der Waals surface area contributed by atoms with Crippen molar-refractivity contribution in [1.29, 1.82) is 0 Å². The maximum absolute atomic E-state index is 12.2. The quantitative estimate of drug-likeness (QED) is 0.858. The van der Waals surface area contributed by atoms with E-state index in [0.717, 1.165) is 38.8 Å². The molecule has 0 aromatic rings. The maximum Gasteiger partial charge on any atom is 0.317 e. The molecule has 0 aromatic heterocycles. The van der Waals surface area contributed by atoms with Crippen LogP contribution < -0.4 is 5.32 Å². The fourth-order valence-electron chi connectivity index (χ4n) is 3.66. The van der Waals surface area contributed by atoms with Gasteiger partial charge in [-0.15, -0.1) is 0 Å². The average molecular weight is 311 g/mol. The molecule has 2 heterocycles. The van der Waals surface area contributed by atoms with Crippen molar-refractivity contribution in [3.63, 3.8) is 0 Å². The summed E-state index contributed by atoms with van der Waals surface area (Å²) in [5.41, 5.74) is -0.0670. The molecule has 1 N–H and O–H groups in total. The number of urea groups is 1. The molecule has 2 saturated heterocycles. The molecule has 0 radical (unpaired) electrons. The van der Waals surface area contributed by atoms with Gasteiger partial charge in [0, 0.05) is 44.7 Å². The molecule has 2 fully saturated rings. The summed E-state index contributed by atoms with van der Waals surface area (Å²) >= 11 is 0. The number of rotatable bonds is 4. The van der Waals surface area contributed by atoms with Crippen LogP contribution in [0.3, 0.4) is 0 Å². The van der Waals surface area contributed by atoms with E-state index in [1.54, 1.807) is 7.11 Å². The van der Waals surface area contributed by atoms with Crippen LogP contribution in [0.5, 0.6) is 0 Å². The number of hydrogen-bond acceptors (Lipinski definition) is 3. The first-order chi connectivity index (χ1) is 10.5. The van der Waals surface area contributed by atoms with E-state index in [0.29, 0.717) is 19.6 Å². The van der Waals surface area contributed by atoms with Gasteiger partial charge in [0.1, 0.15) is 0 Å². The second-order valence-electron chi connectivity index (χ2n) is 6.71. The lowest BCUT2D eigenvalue weighted by atomic mass is 9.88. The third-order valence-corrected chi connectivity index (χ3v) is 4.81. The van der Waals surface area contributed by atoms with Crippen molar-refractivity contribution in [3.8, 4) is 0 Å². The molecule has 0 aliphatic carbocycles. The predicted molar refractivity (Wildman–Crippen MR) is 84.6 cm³/mol. The van der Waals surface area contributed by atoms with E-state index in [2.05, 4.69) is 5.32 Å². The lowest BCUT2D eigenvalue weighted by Crippen LogP contribution is -2.48. The molecule has 0 saturated carbocycles. The largest absolute Gasteiger partial charge is 0.383 e. The number of carbonyl (C=O) groups excluding carboxylic acids is 2. The third kappa shape index (κ3) is 3.72. The Morgan fingerprint density at radius 1 is 1.32 bits per heavy atom. The minimum Gasteiger partial charge on any atom is -0.383 e. The summed E-state index contributed by atoms with van der Waals surface area (Å²) in [6.07, 6.45) is 4.33. The topological polar surface area (TPSA) is 61.9 Å². The molecule has 6 nitrogen and oxygen atoms in total. The normalized spacial score (nSPS) is 25.9. The highest BCUT2D eigenvalue weighted by molar-refractivity contribution is 5.80. The van der Waals surface area contributed by atoms with E-state index in [4.69, 9.17) is 4.74 Å². The van der Waals surface area contributed by atoms with Crippen LogP contribution in [0, 0.1) is 0 Å². The number of carbonyl (C=O) groups is 2. The standard InChI is InChI=1S/C16H29N3O3/c1-13(2)17-15(21)18-9-4-6-16(8-10-18)7-5-14(20)19(16)11-12-22-3/h13H,4-12H2,1-3H3,(H,17,21)/t16-/m0/s1. The molecule has 2 aliphatic heterocycles. The van der Waals surface area contributed by atoms with Crippen LogP contribution >= 0.6 is 0 Å². The Morgan fingerprint density at radius 3 is 2.77 bits per heavy atom. The smallest absolute Gasteiger partial charge is 0.317 e. The lowest BCUT2D eigenvalue weighted by Gasteiger charge is -2.38. The van der Waals surface area contributed by atoms with E-state index >= 15 is 0 Å². The van der Waals surface area contributed by atoms with Gasteiger partial charge < -0.3 is 19.9 Å². The van der Waals surface area contributed by atoms with Gasteiger partial charge in [0.05, 0.1) is 6.61 Å². The molecular weight excluding hydrogens is 282 g/mol. The van der Waals surface area contributed by atoms with Crippen molar-refractivity contribution in [2.24, 2.45) is 0 Å². The molecule has 0 aromatic carbocycles.